The van der Waals surface area contributed by atoms with Crippen molar-refractivity contribution in [3.8, 4) is 22.6 Å². The summed E-state index contributed by atoms with van der Waals surface area (Å²) < 4.78 is 38.8. The first kappa shape index (κ1) is 18.5. The first-order valence-electron chi connectivity index (χ1n) is 8.54. The quantitative estimate of drug-likeness (QED) is 0.659. The van der Waals surface area contributed by atoms with Gasteiger partial charge in [-0.1, -0.05) is 6.07 Å². The maximum absolute atomic E-state index is 13.6. The highest BCUT2D eigenvalue weighted by Gasteiger charge is 2.43. The van der Waals surface area contributed by atoms with Crippen molar-refractivity contribution in [2.45, 2.75) is 12.6 Å². The number of hydrogen-bond acceptors (Lipinski definition) is 5. The summed E-state index contributed by atoms with van der Waals surface area (Å²) in [4.78, 5) is 16.3. The molecule has 4 rings (SSSR count). The molecular weight excluding hydrogens is 388 g/mol. The standard InChI is InChI=1S/C19H17F2N3O3S/c1-26-14-4-3-5-15(27-2)17(14)12-9-24(28-21)18-10(12)6-7-16(22-18)23-19(25)11-8-13(11)20/h3-7,9,11,13H,8H2,1-2H3,(H,22,23,25). The Morgan fingerprint density at radius 2 is 1.93 bits per heavy atom. The van der Waals surface area contributed by atoms with Gasteiger partial charge < -0.3 is 14.8 Å². The summed E-state index contributed by atoms with van der Waals surface area (Å²) in [5.74, 6) is 0.332. The van der Waals surface area contributed by atoms with Crippen molar-refractivity contribution in [2.75, 3.05) is 19.5 Å². The topological polar surface area (TPSA) is 65.4 Å². The lowest BCUT2D eigenvalue weighted by atomic mass is 10.0. The lowest BCUT2D eigenvalue weighted by Gasteiger charge is -2.12. The minimum Gasteiger partial charge on any atom is -0.496 e. The number of nitrogens with one attached hydrogen (secondary N) is 1. The zero-order valence-corrected chi connectivity index (χ0v) is 15.9. The van der Waals surface area contributed by atoms with Crippen LogP contribution in [0, 0.1) is 5.92 Å². The molecule has 2 unspecified atom stereocenters. The Balaban J connectivity index is 1.80. The van der Waals surface area contributed by atoms with E-state index in [0.29, 0.717) is 33.7 Å². The van der Waals surface area contributed by atoms with Crippen LogP contribution < -0.4 is 14.8 Å². The highest BCUT2D eigenvalue weighted by molar-refractivity contribution is 7.92. The molecule has 0 saturated heterocycles. The van der Waals surface area contributed by atoms with Gasteiger partial charge in [-0.05, 0) is 30.7 Å². The molecule has 1 aromatic carbocycles. The second-order valence-corrected chi connectivity index (χ2v) is 6.92. The average molecular weight is 405 g/mol. The summed E-state index contributed by atoms with van der Waals surface area (Å²) in [7, 11) is 3.09. The number of ether oxygens (including phenoxy) is 2. The number of amides is 1. The van der Waals surface area contributed by atoms with Crippen LogP contribution in [0.25, 0.3) is 22.2 Å². The second-order valence-electron chi connectivity index (χ2n) is 6.39. The minimum absolute atomic E-state index is 0.0128. The number of aromatic nitrogens is 2. The van der Waals surface area contributed by atoms with Crippen molar-refractivity contribution < 1.29 is 22.5 Å². The van der Waals surface area contributed by atoms with Gasteiger partial charge in [0, 0.05) is 17.1 Å². The summed E-state index contributed by atoms with van der Waals surface area (Å²) in [6.07, 6.45) is 0.716. The fourth-order valence-corrected chi connectivity index (χ4v) is 3.52. The Labute approximate surface area is 164 Å². The second kappa shape index (κ2) is 7.31. The number of alkyl halides is 1. The average Bonchev–Trinajstić information content (AvgIpc) is 3.34. The predicted octanol–water partition coefficient (Wildman–Crippen LogP) is 4.40. The Kier molecular flexibility index (Phi) is 4.84. The number of carbonyl (C=O) groups is 1. The van der Waals surface area contributed by atoms with Crippen LogP contribution in [0.5, 0.6) is 11.5 Å². The third-order valence-electron chi connectivity index (χ3n) is 4.69. The third-order valence-corrected chi connectivity index (χ3v) is 5.12. The molecule has 2 aromatic heterocycles. The Hall–Kier alpha value is -2.81. The van der Waals surface area contributed by atoms with Crippen LogP contribution in [0.4, 0.5) is 14.1 Å². The monoisotopic (exact) mass is 405 g/mol. The maximum atomic E-state index is 13.6. The van der Waals surface area contributed by atoms with E-state index in [-0.39, 0.29) is 24.6 Å². The minimum atomic E-state index is -1.10. The Morgan fingerprint density at radius 3 is 2.50 bits per heavy atom. The van der Waals surface area contributed by atoms with E-state index in [9.17, 15) is 13.1 Å². The molecule has 9 heteroatoms. The van der Waals surface area contributed by atoms with Crippen molar-refractivity contribution in [1.29, 1.82) is 0 Å². The zero-order valence-electron chi connectivity index (χ0n) is 15.1. The van der Waals surface area contributed by atoms with E-state index >= 15 is 0 Å². The van der Waals surface area contributed by atoms with E-state index in [0.717, 1.165) is 0 Å². The van der Waals surface area contributed by atoms with Crippen LogP contribution in [0.1, 0.15) is 6.42 Å². The van der Waals surface area contributed by atoms with Gasteiger partial charge in [-0.2, -0.15) is 0 Å². The summed E-state index contributed by atoms with van der Waals surface area (Å²) in [6, 6.07) is 8.70. The van der Waals surface area contributed by atoms with Gasteiger partial charge in [0.2, 0.25) is 5.91 Å². The molecule has 28 heavy (non-hydrogen) atoms. The lowest BCUT2D eigenvalue weighted by molar-refractivity contribution is -0.117. The Morgan fingerprint density at radius 1 is 1.25 bits per heavy atom. The number of benzene rings is 1. The predicted molar refractivity (Wildman–Crippen MR) is 104 cm³/mol. The molecule has 0 spiro atoms. The third kappa shape index (κ3) is 3.15. The molecule has 1 saturated carbocycles. The molecule has 1 N–H and O–H groups in total. The molecule has 3 aromatic rings. The number of carbonyl (C=O) groups excluding carboxylic acids is 1. The number of anilines is 1. The van der Waals surface area contributed by atoms with Crippen LogP contribution >= 0.6 is 12.3 Å². The van der Waals surface area contributed by atoms with Crippen LogP contribution in [0.15, 0.2) is 36.5 Å². The number of methoxy groups -OCH3 is 2. The van der Waals surface area contributed by atoms with E-state index in [1.165, 1.54) is 3.97 Å². The van der Waals surface area contributed by atoms with Gasteiger partial charge in [0.05, 0.1) is 25.7 Å². The zero-order chi connectivity index (χ0) is 19.8. The number of rotatable bonds is 6. The maximum Gasteiger partial charge on any atom is 0.231 e. The van der Waals surface area contributed by atoms with Crippen molar-refractivity contribution in [3.05, 3.63) is 36.5 Å². The van der Waals surface area contributed by atoms with Crippen LogP contribution in [0.3, 0.4) is 0 Å². The number of pyridine rings is 1. The van der Waals surface area contributed by atoms with Crippen molar-refractivity contribution in [3.63, 3.8) is 0 Å². The Bertz CT molecular complexity index is 1030. The van der Waals surface area contributed by atoms with Crippen molar-refractivity contribution >= 4 is 35.1 Å². The molecule has 0 bridgehead atoms. The molecular formula is C19H17F2N3O3S. The fourth-order valence-electron chi connectivity index (χ4n) is 3.17. The van der Waals surface area contributed by atoms with Gasteiger partial charge in [0.25, 0.3) is 0 Å². The van der Waals surface area contributed by atoms with E-state index in [2.05, 4.69) is 10.3 Å². The molecule has 1 aliphatic carbocycles. The first-order valence-corrected chi connectivity index (χ1v) is 9.22. The number of hydrogen-bond donors (Lipinski definition) is 1. The normalized spacial score (nSPS) is 18.1. The summed E-state index contributed by atoms with van der Waals surface area (Å²) in [5.41, 5.74) is 1.66. The number of fused-ring (bicyclic) bond motifs is 1. The van der Waals surface area contributed by atoms with Crippen LogP contribution in [-0.2, 0) is 4.79 Å². The first-order chi connectivity index (χ1) is 13.6. The van der Waals surface area contributed by atoms with Crippen LogP contribution in [0.2, 0.25) is 0 Å². The molecule has 6 nitrogen and oxygen atoms in total. The van der Waals surface area contributed by atoms with E-state index < -0.39 is 18.0 Å². The lowest BCUT2D eigenvalue weighted by Crippen LogP contribution is -2.15. The van der Waals surface area contributed by atoms with E-state index in [1.807, 2.05) is 0 Å². The molecule has 1 aliphatic rings. The molecule has 1 fully saturated rings. The fraction of sp³-hybridized carbons (Fsp3) is 0.263. The van der Waals surface area contributed by atoms with Crippen LogP contribution in [-0.4, -0.2) is 35.3 Å². The van der Waals surface area contributed by atoms with Gasteiger partial charge in [-0.15, -0.1) is 3.89 Å². The van der Waals surface area contributed by atoms with Gasteiger partial charge in [0.15, 0.2) is 18.0 Å². The SMILES string of the molecule is COc1cccc(OC)c1-c1cn(SF)c2nc(NC(=O)C3CC3F)ccc12. The van der Waals surface area contributed by atoms with Crippen molar-refractivity contribution in [2.24, 2.45) is 5.92 Å². The molecule has 0 radical (unpaired) electrons. The molecule has 1 amide bonds. The molecule has 2 heterocycles. The van der Waals surface area contributed by atoms with Gasteiger partial charge in [-0.25, -0.2) is 13.3 Å². The molecule has 0 aliphatic heterocycles. The number of halogens is 2. The summed E-state index contributed by atoms with van der Waals surface area (Å²) >= 11 is -0.0128. The molecule has 2 atom stereocenters. The summed E-state index contributed by atoms with van der Waals surface area (Å²) in [5, 5.41) is 3.24. The van der Waals surface area contributed by atoms with E-state index in [4.69, 9.17) is 9.47 Å². The summed E-state index contributed by atoms with van der Waals surface area (Å²) in [6.45, 7) is 0. The van der Waals surface area contributed by atoms with Crippen molar-refractivity contribution in [1.82, 2.24) is 8.96 Å². The van der Waals surface area contributed by atoms with Gasteiger partial charge in [0.1, 0.15) is 23.5 Å². The highest BCUT2D eigenvalue weighted by Crippen LogP contribution is 2.43. The largest absolute Gasteiger partial charge is 0.496 e. The van der Waals surface area contributed by atoms with E-state index in [1.54, 1.807) is 50.7 Å². The number of nitrogens with zero attached hydrogens (tertiary/aromatic N) is 2. The highest BCUT2D eigenvalue weighted by atomic mass is 32.2. The van der Waals surface area contributed by atoms with Gasteiger partial charge in [-0.3, -0.25) is 4.79 Å². The van der Waals surface area contributed by atoms with Gasteiger partial charge >= 0.3 is 0 Å². The molecule has 146 valence electrons. The smallest absolute Gasteiger partial charge is 0.231 e.